The summed E-state index contributed by atoms with van der Waals surface area (Å²) in [6.45, 7) is 3.34. The summed E-state index contributed by atoms with van der Waals surface area (Å²) in [5, 5.41) is 13.9. The molecule has 124 valence electrons. The van der Waals surface area contributed by atoms with E-state index in [0.29, 0.717) is 25.2 Å². The van der Waals surface area contributed by atoms with Gasteiger partial charge >= 0.3 is 5.97 Å². The molecule has 0 bridgehead atoms. The second kappa shape index (κ2) is 9.97. The molecule has 22 heavy (non-hydrogen) atoms. The number of hydrogen-bond donors (Lipinski definition) is 3. The lowest BCUT2D eigenvalue weighted by atomic mass is 10.0. The minimum atomic E-state index is -1.08. The van der Waals surface area contributed by atoms with Crippen LogP contribution in [0, 0.1) is 5.92 Å². The van der Waals surface area contributed by atoms with E-state index in [-0.39, 0.29) is 12.5 Å². The lowest BCUT2D eigenvalue weighted by molar-refractivity contribution is -0.141. The van der Waals surface area contributed by atoms with Crippen molar-refractivity contribution in [3.05, 3.63) is 12.7 Å². The molecule has 1 rings (SSSR count). The third kappa shape index (κ3) is 7.24. The summed E-state index contributed by atoms with van der Waals surface area (Å²) < 4.78 is 0. The molecule has 6 nitrogen and oxygen atoms in total. The zero-order chi connectivity index (χ0) is 16.4. The zero-order valence-electron chi connectivity index (χ0n) is 13.0. The van der Waals surface area contributed by atoms with Crippen molar-refractivity contribution < 1.29 is 19.5 Å². The van der Waals surface area contributed by atoms with Gasteiger partial charge in [-0.15, -0.1) is 6.58 Å². The van der Waals surface area contributed by atoms with E-state index in [1.54, 1.807) is 6.08 Å². The van der Waals surface area contributed by atoms with Crippen molar-refractivity contribution in [2.45, 2.75) is 57.4 Å². The van der Waals surface area contributed by atoms with E-state index in [9.17, 15) is 14.4 Å². The Balaban J connectivity index is 2.20. The van der Waals surface area contributed by atoms with E-state index in [1.807, 2.05) is 0 Å². The summed E-state index contributed by atoms with van der Waals surface area (Å²) >= 11 is 0. The van der Waals surface area contributed by atoms with Crippen molar-refractivity contribution in [1.29, 1.82) is 0 Å². The average molecular weight is 310 g/mol. The molecule has 0 saturated heterocycles. The highest BCUT2D eigenvalue weighted by Crippen LogP contribution is 2.28. The monoisotopic (exact) mass is 310 g/mol. The van der Waals surface area contributed by atoms with E-state index in [1.165, 1.54) is 25.7 Å². The fourth-order valence-corrected chi connectivity index (χ4v) is 2.69. The van der Waals surface area contributed by atoms with E-state index in [0.717, 1.165) is 6.42 Å². The fraction of sp³-hybridized carbons (Fsp3) is 0.688. The second-order valence-corrected chi connectivity index (χ2v) is 5.79. The van der Waals surface area contributed by atoms with Crippen molar-refractivity contribution in [3.63, 3.8) is 0 Å². The van der Waals surface area contributed by atoms with Crippen LogP contribution in [0.2, 0.25) is 0 Å². The maximum Gasteiger partial charge on any atom is 0.326 e. The van der Waals surface area contributed by atoms with Crippen LogP contribution in [0.25, 0.3) is 0 Å². The van der Waals surface area contributed by atoms with Crippen LogP contribution in [0.1, 0.15) is 51.4 Å². The van der Waals surface area contributed by atoms with Crippen LogP contribution in [0.5, 0.6) is 0 Å². The number of carboxylic acid groups (broad SMARTS) is 1. The Bertz CT molecular complexity index is 403. The molecule has 1 atom stereocenters. The van der Waals surface area contributed by atoms with Crippen LogP contribution >= 0.6 is 0 Å². The van der Waals surface area contributed by atoms with E-state index < -0.39 is 17.9 Å². The molecule has 3 N–H and O–H groups in total. The van der Waals surface area contributed by atoms with Crippen molar-refractivity contribution in [2.24, 2.45) is 5.92 Å². The minimum absolute atomic E-state index is 0.153. The van der Waals surface area contributed by atoms with Crippen molar-refractivity contribution in [3.8, 4) is 0 Å². The molecule has 1 unspecified atom stereocenters. The largest absolute Gasteiger partial charge is 0.480 e. The molecule has 1 aliphatic rings. The molecule has 0 aromatic heterocycles. The van der Waals surface area contributed by atoms with Gasteiger partial charge in [-0.2, -0.15) is 0 Å². The van der Waals surface area contributed by atoms with Gasteiger partial charge in [0.25, 0.3) is 0 Å². The third-order valence-corrected chi connectivity index (χ3v) is 3.99. The van der Waals surface area contributed by atoms with Gasteiger partial charge in [-0.1, -0.05) is 31.8 Å². The van der Waals surface area contributed by atoms with Gasteiger partial charge in [0.05, 0.1) is 6.54 Å². The molecule has 1 saturated carbocycles. The second-order valence-electron chi connectivity index (χ2n) is 5.79. The van der Waals surface area contributed by atoms with E-state index in [4.69, 9.17) is 5.11 Å². The summed E-state index contributed by atoms with van der Waals surface area (Å²) in [6.07, 6.45) is 8.57. The number of carbonyl (C=O) groups excluding carboxylic acids is 2. The number of amides is 2. The molecule has 0 heterocycles. The number of allylic oxidation sites excluding steroid dienone is 1. The van der Waals surface area contributed by atoms with Crippen molar-refractivity contribution >= 4 is 17.8 Å². The number of carbonyl (C=O) groups is 3. The van der Waals surface area contributed by atoms with Crippen molar-refractivity contribution in [2.75, 3.05) is 6.54 Å². The maximum absolute atomic E-state index is 11.7. The van der Waals surface area contributed by atoms with Crippen LogP contribution in [-0.2, 0) is 14.4 Å². The highest BCUT2D eigenvalue weighted by atomic mass is 16.4. The van der Waals surface area contributed by atoms with Gasteiger partial charge < -0.3 is 15.7 Å². The molecular weight excluding hydrogens is 284 g/mol. The van der Waals surface area contributed by atoms with Crippen LogP contribution in [0.4, 0.5) is 0 Å². The van der Waals surface area contributed by atoms with Crippen LogP contribution < -0.4 is 10.6 Å². The Kier molecular flexibility index (Phi) is 8.25. The van der Waals surface area contributed by atoms with Gasteiger partial charge in [-0.05, 0) is 25.2 Å². The lowest BCUT2D eigenvalue weighted by Gasteiger charge is -2.14. The van der Waals surface area contributed by atoms with Gasteiger partial charge in [-0.25, -0.2) is 4.79 Å². The van der Waals surface area contributed by atoms with E-state index in [2.05, 4.69) is 17.2 Å². The van der Waals surface area contributed by atoms with Gasteiger partial charge in [-0.3, -0.25) is 9.59 Å². The Morgan fingerprint density at radius 3 is 2.50 bits per heavy atom. The van der Waals surface area contributed by atoms with Gasteiger partial charge in [0.2, 0.25) is 11.8 Å². The first kappa shape index (κ1) is 18.2. The molecule has 0 aliphatic heterocycles. The first-order valence-corrected chi connectivity index (χ1v) is 7.92. The van der Waals surface area contributed by atoms with Gasteiger partial charge in [0.1, 0.15) is 6.04 Å². The number of nitrogens with one attached hydrogen (secondary N) is 2. The topological polar surface area (TPSA) is 95.5 Å². The quantitative estimate of drug-likeness (QED) is 0.534. The Hall–Kier alpha value is -1.85. The molecule has 1 aliphatic carbocycles. The highest BCUT2D eigenvalue weighted by molar-refractivity contribution is 5.87. The fourth-order valence-electron chi connectivity index (χ4n) is 2.69. The molecule has 6 heteroatoms. The Morgan fingerprint density at radius 2 is 1.91 bits per heavy atom. The molecule has 2 amide bonds. The lowest BCUT2D eigenvalue weighted by Crippen LogP contribution is -2.45. The number of carboxylic acids is 1. The molecular formula is C16H26N2O4. The normalized spacial score (nSPS) is 16.0. The summed E-state index contributed by atoms with van der Waals surface area (Å²) in [6, 6.07) is -0.944. The third-order valence-electron chi connectivity index (χ3n) is 3.99. The van der Waals surface area contributed by atoms with Crippen LogP contribution in [0.3, 0.4) is 0 Å². The Morgan fingerprint density at radius 1 is 1.23 bits per heavy atom. The summed E-state index contributed by atoms with van der Waals surface area (Å²) in [5.74, 6) is -1.08. The van der Waals surface area contributed by atoms with E-state index >= 15 is 0 Å². The zero-order valence-corrected chi connectivity index (χ0v) is 13.0. The highest BCUT2D eigenvalue weighted by Gasteiger charge is 2.19. The predicted octanol–water partition coefficient (Wildman–Crippen LogP) is 1.61. The number of aliphatic carboxylic acids is 1. The molecule has 0 aromatic rings. The first-order chi connectivity index (χ1) is 10.5. The number of rotatable bonds is 10. The van der Waals surface area contributed by atoms with Crippen molar-refractivity contribution in [1.82, 2.24) is 10.6 Å². The Labute approximate surface area is 131 Å². The summed E-state index contributed by atoms with van der Waals surface area (Å²) in [7, 11) is 0. The summed E-state index contributed by atoms with van der Waals surface area (Å²) in [4.78, 5) is 34.3. The van der Waals surface area contributed by atoms with Crippen LogP contribution in [-0.4, -0.2) is 35.5 Å². The molecule has 0 radical (unpaired) electrons. The number of hydrogen-bond acceptors (Lipinski definition) is 3. The smallest absolute Gasteiger partial charge is 0.326 e. The molecule has 1 fully saturated rings. The summed E-state index contributed by atoms with van der Waals surface area (Å²) in [5.41, 5.74) is 0. The first-order valence-electron chi connectivity index (χ1n) is 7.92. The van der Waals surface area contributed by atoms with Gasteiger partial charge in [0.15, 0.2) is 0 Å². The van der Waals surface area contributed by atoms with Gasteiger partial charge in [0, 0.05) is 6.42 Å². The maximum atomic E-state index is 11.7. The predicted molar refractivity (Wildman–Crippen MR) is 83.2 cm³/mol. The minimum Gasteiger partial charge on any atom is -0.480 e. The molecule has 0 spiro atoms. The SMILES string of the molecule is C=CCCC(NC(=O)CNC(=O)CCC1CCCC1)C(=O)O. The average Bonchev–Trinajstić information content (AvgIpc) is 3.00. The standard InChI is InChI=1S/C16H26N2O4/c1-2-3-8-13(16(21)22)18-15(20)11-17-14(19)10-9-12-6-4-5-7-12/h2,12-13H,1,3-11H2,(H,17,19)(H,18,20)(H,21,22). The van der Waals surface area contributed by atoms with Crippen LogP contribution in [0.15, 0.2) is 12.7 Å². The molecule has 0 aromatic carbocycles.